The molecular weight excluding hydrogens is 330 g/mol. The molecular formula is C16H13N3O4S. The van der Waals surface area contributed by atoms with Crippen molar-refractivity contribution in [3.8, 4) is 11.5 Å². The van der Waals surface area contributed by atoms with Crippen LogP contribution in [0.15, 0.2) is 36.5 Å². The summed E-state index contributed by atoms with van der Waals surface area (Å²) < 4.78 is 6.44. The number of nitrogen functional groups attached to an aromatic ring is 1. The van der Waals surface area contributed by atoms with Gasteiger partial charge in [-0.25, -0.2) is 4.79 Å². The molecule has 7 nitrogen and oxygen atoms in total. The number of carbonyl (C=O) groups excluding carboxylic acids is 1. The quantitative estimate of drug-likeness (QED) is 0.671. The standard InChI is InChI=1S/C16H13N3O4S/c1-18-15(20)11-6-9(4-5-19-11)23-8-2-3-10-12(7-8)24-14(13(10)17)16(21)22/h2-7H,17H2,1H3,(H,18,20)(H,21,22). The first-order valence-corrected chi connectivity index (χ1v) is 7.72. The average Bonchev–Trinajstić information content (AvgIpc) is 2.91. The molecule has 8 heteroatoms. The Kier molecular flexibility index (Phi) is 4.05. The molecule has 0 aliphatic carbocycles. The fourth-order valence-electron chi connectivity index (χ4n) is 2.18. The average molecular weight is 343 g/mol. The number of hydrogen-bond acceptors (Lipinski definition) is 6. The van der Waals surface area contributed by atoms with E-state index in [1.54, 1.807) is 24.3 Å². The molecule has 0 saturated carbocycles. The van der Waals surface area contributed by atoms with Crippen LogP contribution in [0.2, 0.25) is 0 Å². The van der Waals surface area contributed by atoms with Gasteiger partial charge in [0.15, 0.2) is 0 Å². The van der Waals surface area contributed by atoms with Crippen LogP contribution in [0.3, 0.4) is 0 Å². The van der Waals surface area contributed by atoms with E-state index in [9.17, 15) is 9.59 Å². The van der Waals surface area contributed by atoms with Crippen LogP contribution in [-0.2, 0) is 0 Å². The van der Waals surface area contributed by atoms with Crippen molar-refractivity contribution < 1.29 is 19.4 Å². The summed E-state index contributed by atoms with van der Waals surface area (Å²) >= 11 is 1.09. The molecule has 0 aliphatic rings. The first kappa shape index (κ1) is 15.8. The molecule has 0 aliphatic heterocycles. The van der Waals surface area contributed by atoms with E-state index in [1.165, 1.54) is 19.3 Å². The van der Waals surface area contributed by atoms with Crippen molar-refractivity contribution in [2.24, 2.45) is 0 Å². The van der Waals surface area contributed by atoms with Gasteiger partial charge in [0.05, 0.1) is 5.69 Å². The zero-order valence-electron chi connectivity index (χ0n) is 12.6. The largest absolute Gasteiger partial charge is 0.477 e. The SMILES string of the molecule is CNC(=O)c1cc(Oc2ccc3c(N)c(C(=O)O)sc3c2)ccn1. The highest BCUT2D eigenvalue weighted by Gasteiger charge is 2.16. The van der Waals surface area contributed by atoms with Crippen LogP contribution in [0.25, 0.3) is 10.1 Å². The van der Waals surface area contributed by atoms with Crippen LogP contribution < -0.4 is 15.8 Å². The summed E-state index contributed by atoms with van der Waals surface area (Å²) in [6.45, 7) is 0. The summed E-state index contributed by atoms with van der Waals surface area (Å²) in [6, 6.07) is 8.26. The molecule has 3 aromatic rings. The number of anilines is 1. The fourth-order valence-corrected chi connectivity index (χ4v) is 3.17. The van der Waals surface area contributed by atoms with E-state index in [4.69, 9.17) is 15.6 Å². The van der Waals surface area contributed by atoms with Crippen molar-refractivity contribution in [1.82, 2.24) is 10.3 Å². The second-order valence-corrected chi connectivity index (χ2v) is 5.92. The fraction of sp³-hybridized carbons (Fsp3) is 0.0625. The van der Waals surface area contributed by atoms with Crippen molar-refractivity contribution in [3.05, 3.63) is 47.1 Å². The van der Waals surface area contributed by atoms with E-state index < -0.39 is 5.97 Å². The molecule has 1 aromatic carbocycles. The van der Waals surface area contributed by atoms with Crippen LogP contribution >= 0.6 is 11.3 Å². The van der Waals surface area contributed by atoms with E-state index in [-0.39, 0.29) is 22.2 Å². The normalized spacial score (nSPS) is 10.5. The van der Waals surface area contributed by atoms with Crippen molar-refractivity contribution >= 4 is 39.0 Å². The predicted octanol–water partition coefficient (Wildman–Crippen LogP) is 2.73. The Morgan fingerprint density at radius 1 is 1.25 bits per heavy atom. The first-order valence-electron chi connectivity index (χ1n) is 6.91. The molecule has 0 saturated heterocycles. The minimum Gasteiger partial charge on any atom is -0.477 e. The third-order valence-electron chi connectivity index (χ3n) is 3.32. The van der Waals surface area contributed by atoms with E-state index in [1.807, 2.05) is 0 Å². The number of nitrogens with zero attached hydrogens (tertiary/aromatic N) is 1. The Morgan fingerprint density at radius 3 is 2.71 bits per heavy atom. The molecule has 0 bridgehead atoms. The summed E-state index contributed by atoms with van der Waals surface area (Å²) in [6.07, 6.45) is 1.48. The van der Waals surface area contributed by atoms with Crippen LogP contribution in [0.5, 0.6) is 11.5 Å². The number of carboxylic acids is 1. The van der Waals surface area contributed by atoms with E-state index in [0.29, 0.717) is 21.6 Å². The lowest BCUT2D eigenvalue weighted by atomic mass is 10.2. The van der Waals surface area contributed by atoms with Crippen LogP contribution in [-0.4, -0.2) is 29.0 Å². The Hall–Kier alpha value is -3.13. The number of benzene rings is 1. The van der Waals surface area contributed by atoms with Gasteiger partial charge in [0.1, 0.15) is 22.1 Å². The van der Waals surface area contributed by atoms with Gasteiger partial charge in [-0.2, -0.15) is 0 Å². The number of ether oxygens (including phenoxy) is 1. The van der Waals surface area contributed by atoms with Gasteiger partial charge in [-0.1, -0.05) is 0 Å². The summed E-state index contributed by atoms with van der Waals surface area (Å²) in [7, 11) is 1.52. The zero-order chi connectivity index (χ0) is 17.3. The van der Waals surface area contributed by atoms with Gasteiger partial charge < -0.3 is 20.9 Å². The lowest BCUT2D eigenvalue weighted by molar-refractivity contribution is 0.0703. The Morgan fingerprint density at radius 2 is 2.00 bits per heavy atom. The number of carbonyl (C=O) groups is 2. The molecule has 0 radical (unpaired) electrons. The molecule has 3 rings (SSSR count). The Bertz CT molecular complexity index is 952. The first-order chi connectivity index (χ1) is 11.5. The molecule has 0 unspecified atom stereocenters. The van der Waals surface area contributed by atoms with Gasteiger partial charge in [0, 0.05) is 29.4 Å². The van der Waals surface area contributed by atoms with Gasteiger partial charge in [0.2, 0.25) is 0 Å². The van der Waals surface area contributed by atoms with Gasteiger partial charge >= 0.3 is 5.97 Å². The smallest absolute Gasteiger partial charge is 0.348 e. The maximum absolute atomic E-state index is 11.6. The van der Waals surface area contributed by atoms with Crippen molar-refractivity contribution in [2.75, 3.05) is 12.8 Å². The number of nitrogens with one attached hydrogen (secondary N) is 1. The summed E-state index contributed by atoms with van der Waals surface area (Å²) in [5.41, 5.74) is 6.34. The van der Waals surface area contributed by atoms with Gasteiger partial charge in [0.25, 0.3) is 5.91 Å². The molecule has 4 N–H and O–H groups in total. The molecule has 2 heterocycles. The second kappa shape index (κ2) is 6.17. The minimum absolute atomic E-state index is 0.105. The lowest BCUT2D eigenvalue weighted by Gasteiger charge is -2.07. The number of carboxylic acid groups (broad SMARTS) is 1. The molecule has 1 amide bonds. The number of nitrogens with two attached hydrogens (primary N) is 1. The summed E-state index contributed by atoms with van der Waals surface area (Å²) in [5.74, 6) is -0.408. The number of thiophene rings is 1. The zero-order valence-corrected chi connectivity index (χ0v) is 13.4. The van der Waals surface area contributed by atoms with E-state index in [2.05, 4.69) is 10.3 Å². The molecule has 24 heavy (non-hydrogen) atoms. The highest BCUT2D eigenvalue weighted by Crippen LogP contribution is 2.36. The third-order valence-corrected chi connectivity index (χ3v) is 4.48. The molecule has 122 valence electrons. The summed E-state index contributed by atoms with van der Waals surface area (Å²) in [4.78, 5) is 26.8. The predicted molar refractivity (Wildman–Crippen MR) is 90.9 cm³/mol. The number of hydrogen-bond donors (Lipinski definition) is 3. The maximum Gasteiger partial charge on any atom is 0.348 e. The molecule has 2 aromatic heterocycles. The highest BCUT2D eigenvalue weighted by atomic mass is 32.1. The van der Waals surface area contributed by atoms with Crippen LogP contribution in [0.4, 0.5) is 5.69 Å². The molecule has 0 atom stereocenters. The van der Waals surface area contributed by atoms with E-state index in [0.717, 1.165) is 11.3 Å². The minimum atomic E-state index is -1.06. The van der Waals surface area contributed by atoms with Crippen LogP contribution in [0, 0.1) is 0 Å². The maximum atomic E-state index is 11.6. The summed E-state index contributed by atoms with van der Waals surface area (Å²) in [5, 5.41) is 12.3. The third kappa shape index (κ3) is 2.86. The topological polar surface area (TPSA) is 115 Å². The Balaban J connectivity index is 1.93. The number of pyridine rings is 1. The van der Waals surface area contributed by atoms with E-state index >= 15 is 0 Å². The number of fused-ring (bicyclic) bond motifs is 1. The molecule has 0 spiro atoms. The second-order valence-electron chi connectivity index (χ2n) is 4.87. The number of amides is 1. The van der Waals surface area contributed by atoms with Crippen molar-refractivity contribution in [3.63, 3.8) is 0 Å². The lowest BCUT2D eigenvalue weighted by Crippen LogP contribution is -2.18. The Labute approximate surface area is 140 Å². The van der Waals surface area contributed by atoms with Crippen molar-refractivity contribution in [1.29, 1.82) is 0 Å². The number of rotatable bonds is 4. The van der Waals surface area contributed by atoms with Crippen molar-refractivity contribution in [2.45, 2.75) is 0 Å². The van der Waals surface area contributed by atoms with Gasteiger partial charge in [-0.3, -0.25) is 9.78 Å². The monoisotopic (exact) mass is 343 g/mol. The van der Waals surface area contributed by atoms with Crippen LogP contribution in [0.1, 0.15) is 20.2 Å². The number of aromatic nitrogens is 1. The van der Waals surface area contributed by atoms with Gasteiger partial charge in [-0.15, -0.1) is 11.3 Å². The highest BCUT2D eigenvalue weighted by molar-refractivity contribution is 7.21. The number of aromatic carboxylic acids is 1. The molecule has 0 fully saturated rings. The van der Waals surface area contributed by atoms with Gasteiger partial charge in [-0.05, 0) is 24.3 Å².